The molecule has 3 rings (SSSR count). The Hall–Kier alpha value is -1.29. The molecule has 3 heterocycles. The lowest BCUT2D eigenvalue weighted by atomic mass is 9.89. The van der Waals surface area contributed by atoms with E-state index in [1.165, 1.54) is 19.3 Å². The van der Waals surface area contributed by atoms with Crippen LogP contribution < -0.4 is 5.32 Å². The van der Waals surface area contributed by atoms with E-state index in [0.717, 1.165) is 37.4 Å². The lowest BCUT2D eigenvalue weighted by Gasteiger charge is -2.35. The van der Waals surface area contributed by atoms with Gasteiger partial charge in [-0.15, -0.1) is 0 Å². The highest BCUT2D eigenvalue weighted by Crippen LogP contribution is 2.26. The first-order chi connectivity index (χ1) is 9.25. The molecule has 1 amide bonds. The molecule has 0 aromatic carbocycles. The molecule has 4 heteroatoms. The lowest BCUT2D eigenvalue weighted by Crippen LogP contribution is -2.45. The fourth-order valence-corrected chi connectivity index (χ4v) is 3.41. The van der Waals surface area contributed by atoms with Gasteiger partial charge in [-0.25, -0.2) is 0 Å². The normalized spacial score (nSPS) is 27.7. The molecule has 0 radical (unpaired) electrons. The standard InChI is InChI=1S/C15H22N2O2/c1-11-13(6-9-19-11)15(18)17-8-3-4-12(10-17)14-5-2-7-16-14/h6,9,12,14,16H,2-5,7-8,10H2,1H3. The van der Waals surface area contributed by atoms with E-state index >= 15 is 0 Å². The molecule has 0 bridgehead atoms. The number of carbonyl (C=O) groups excluding carboxylic acids is 1. The summed E-state index contributed by atoms with van der Waals surface area (Å²) in [6.45, 7) is 4.76. The Morgan fingerprint density at radius 1 is 1.42 bits per heavy atom. The molecule has 1 aromatic heterocycles. The summed E-state index contributed by atoms with van der Waals surface area (Å²) in [5.41, 5.74) is 0.722. The average Bonchev–Trinajstić information content (AvgIpc) is 3.09. The van der Waals surface area contributed by atoms with Crippen molar-refractivity contribution in [3.8, 4) is 0 Å². The van der Waals surface area contributed by atoms with Crippen LogP contribution in [-0.2, 0) is 0 Å². The predicted molar refractivity (Wildman–Crippen MR) is 73.1 cm³/mol. The van der Waals surface area contributed by atoms with Crippen LogP contribution in [0.25, 0.3) is 0 Å². The third-order valence-corrected chi connectivity index (χ3v) is 4.50. The molecular weight excluding hydrogens is 240 g/mol. The van der Waals surface area contributed by atoms with Gasteiger partial charge in [0.05, 0.1) is 11.8 Å². The van der Waals surface area contributed by atoms with Crippen LogP contribution >= 0.6 is 0 Å². The Morgan fingerprint density at radius 2 is 2.32 bits per heavy atom. The molecule has 0 aliphatic carbocycles. The molecule has 2 atom stereocenters. The lowest BCUT2D eigenvalue weighted by molar-refractivity contribution is 0.0649. The van der Waals surface area contributed by atoms with E-state index in [2.05, 4.69) is 5.32 Å². The molecule has 2 aliphatic heterocycles. The summed E-state index contributed by atoms with van der Waals surface area (Å²) < 4.78 is 5.24. The molecule has 2 saturated heterocycles. The van der Waals surface area contributed by atoms with Crippen molar-refractivity contribution < 1.29 is 9.21 Å². The summed E-state index contributed by atoms with van der Waals surface area (Å²) in [7, 11) is 0. The van der Waals surface area contributed by atoms with Crippen molar-refractivity contribution in [3.05, 3.63) is 23.7 Å². The van der Waals surface area contributed by atoms with Crippen molar-refractivity contribution in [1.29, 1.82) is 0 Å². The number of carbonyl (C=O) groups is 1. The maximum Gasteiger partial charge on any atom is 0.257 e. The molecular formula is C15H22N2O2. The van der Waals surface area contributed by atoms with E-state index in [1.54, 1.807) is 12.3 Å². The van der Waals surface area contributed by atoms with Crippen molar-refractivity contribution >= 4 is 5.91 Å². The van der Waals surface area contributed by atoms with Crippen LogP contribution in [0, 0.1) is 12.8 Å². The van der Waals surface area contributed by atoms with Crippen LogP contribution in [0.1, 0.15) is 41.8 Å². The first-order valence-electron chi connectivity index (χ1n) is 7.32. The minimum absolute atomic E-state index is 0.133. The number of piperidine rings is 1. The summed E-state index contributed by atoms with van der Waals surface area (Å²) in [5.74, 6) is 1.48. The van der Waals surface area contributed by atoms with Crippen LogP contribution in [0.15, 0.2) is 16.7 Å². The molecule has 0 spiro atoms. The number of hydrogen-bond acceptors (Lipinski definition) is 3. The zero-order chi connectivity index (χ0) is 13.2. The number of rotatable bonds is 2. The van der Waals surface area contributed by atoms with Crippen LogP contribution in [0.3, 0.4) is 0 Å². The van der Waals surface area contributed by atoms with Gasteiger partial charge in [0.25, 0.3) is 5.91 Å². The number of amides is 1. The molecule has 0 saturated carbocycles. The Bertz CT molecular complexity index is 449. The van der Waals surface area contributed by atoms with Crippen molar-refractivity contribution in [2.45, 2.75) is 38.6 Å². The zero-order valence-electron chi connectivity index (χ0n) is 11.5. The highest BCUT2D eigenvalue weighted by molar-refractivity contribution is 5.95. The molecule has 19 heavy (non-hydrogen) atoms. The Morgan fingerprint density at radius 3 is 3.00 bits per heavy atom. The van der Waals surface area contributed by atoms with Gasteiger partial charge in [0.1, 0.15) is 5.76 Å². The second-order valence-electron chi connectivity index (χ2n) is 5.75. The Balaban J connectivity index is 1.67. The molecule has 2 aliphatic rings. The maximum absolute atomic E-state index is 12.5. The largest absolute Gasteiger partial charge is 0.469 e. The molecule has 2 unspecified atom stereocenters. The van der Waals surface area contributed by atoms with E-state index in [1.807, 2.05) is 11.8 Å². The van der Waals surface area contributed by atoms with Crippen LogP contribution in [0.5, 0.6) is 0 Å². The third kappa shape index (κ3) is 2.54. The minimum Gasteiger partial charge on any atom is -0.469 e. The Kier molecular flexibility index (Phi) is 3.60. The van der Waals surface area contributed by atoms with E-state index < -0.39 is 0 Å². The smallest absolute Gasteiger partial charge is 0.257 e. The summed E-state index contributed by atoms with van der Waals surface area (Å²) in [6, 6.07) is 2.40. The topological polar surface area (TPSA) is 45.5 Å². The monoisotopic (exact) mass is 262 g/mol. The summed E-state index contributed by atoms with van der Waals surface area (Å²) >= 11 is 0. The zero-order valence-corrected chi connectivity index (χ0v) is 11.5. The van der Waals surface area contributed by atoms with Gasteiger partial charge < -0.3 is 14.6 Å². The van der Waals surface area contributed by atoms with E-state index in [9.17, 15) is 4.79 Å². The minimum atomic E-state index is 0.133. The highest BCUT2D eigenvalue weighted by atomic mass is 16.3. The molecule has 1 N–H and O–H groups in total. The van der Waals surface area contributed by atoms with Gasteiger partial charge in [-0.3, -0.25) is 4.79 Å². The van der Waals surface area contributed by atoms with Crippen molar-refractivity contribution in [1.82, 2.24) is 10.2 Å². The SMILES string of the molecule is Cc1occc1C(=O)N1CCCC(C2CCCN2)C1. The Labute approximate surface area is 114 Å². The number of aryl methyl sites for hydroxylation is 1. The summed E-state index contributed by atoms with van der Waals surface area (Å²) in [5, 5.41) is 3.58. The number of furan rings is 1. The second kappa shape index (κ2) is 5.37. The van der Waals surface area contributed by atoms with Crippen molar-refractivity contribution in [2.75, 3.05) is 19.6 Å². The van der Waals surface area contributed by atoms with E-state index in [4.69, 9.17) is 4.42 Å². The first-order valence-corrected chi connectivity index (χ1v) is 7.32. The maximum atomic E-state index is 12.5. The fourth-order valence-electron chi connectivity index (χ4n) is 3.41. The van der Waals surface area contributed by atoms with E-state index in [-0.39, 0.29) is 5.91 Å². The van der Waals surface area contributed by atoms with Gasteiger partial charge in [-0.1, -0.05) is 0 Å². The molecule has 2 fully saturated rings. The van der Waals surface area contributed by atoms with Gasteiger partial charge in [0.15, 0.2) is 0 Å². The van der Waals surface area contributed by atoms with Crippen molar-refractivity contribution in [3.63, 3.8) is 0 Å². The quantitative estimate of drug-likeness (QED) is 0.888. The highest BCUT2D eigenvalue weighted by Gasteiger charge is 2.31. The molecule has 104 valence electrons. The average molecular weight is 262 g/mol. The first kappa shape index (κ1) is 12.7. The van der Waals surface area contributed by atoms with E-state index in [0.29, 0.717) is 12.0 Å². The van der Waals surface area contributed by atoms with Crippen LogP contribution in [0.2, 0.25) is 0 Å². The summed E-state index contributed by atoms with van der Waals surface area (Å²) in [4.78, 5) is 14.5. The fraction of sp³-hybridized carbons (Fsp3) is 0.667. The number of nitrogens with one attached hydrogen (secondary N) is 1. The number of likely N-dealkylation sites (tertiary alicyclic amines) is 1. The second-order valence-corrected chi connectivity index (χ2v) is 5.75. The molecule has 1 aromatic rings. The van der Waals surface area contributed by atoms with Gasteiger partial charge in [-0.05, 0) is 51.1 Å². The van der Waals surface area contributed by atoms with Crippen LogP contribution in [0.4, 0.5) is 0 Å². The number of nitrogens with zero attached hydrogens (tertiary/aromatic N) is 1. The predicted octanol–water partition coefficient (Wildman–Crippen LogP) is 2.19. The van der Waals surface area contributed by atoms with Crippen LogP contribution in [-0.4, -0.2) is 36.5 Å². The van der Waals surface area contributed by atoms with Crippen molar-refractivity contribution in [2.24, 2.45) is 5.92 Å². The van der Waals surface area contributed by atoms with Gasteiger partial charge in [0.2, 0.25) is 0 Å². The number of hydrogen-bond donors (Lipinski definition) is 1. The van der Waals surface area contributed by atoms with Gasteiger partial charge in [0, 0.05) is 19.1 Å². The van der Waals surface area contributed by atoms with Gasteiger partial charge in [-0.2, -0.15) is 0 Å². The summed E-state index contributed by atoms with van der Waals surface area (Å²) in [6.07, 6.45) is 6.49. The molecule has 4 nitrogen and oxygen atoms in total. The van der Waals surface area contributed by atoms with Gasteiger partial charge >= 0.3 is 0 Å². The third-order valence-electron chi connectivity index (χ3n) is 4.50.